The minimum atomic E-state index is -3.61. The summed E-state index contributed by atoms with van der Waals surface area (Å²) < 4.78 is 27.6. The van der Waals surface area contributed by atoms with Gasteiger partial charge in [-0.1, -0.05) is 0 Å². The molecule has 20 heavy (non-hydrogen) atoms. The van der Waals surface area contributed by atoms with Gasteiger partial charge in [0.1, 0.15) is 4.21 Å². The first-order valence-corrected chi connectivity index (χ1v) is 9.00. The summed E-state index contributed by atoms with van der Waals surface area (Å²) >= 11 is 1.21. The molecule has 2 bridgehead atoms. The molecule has 0 aromatic carbocycles. The summed E-state index contributed by atoms with van der Waals surface area (Å²) in [5.74, 6) is -1.18. The summed E-state index contributed by atoms with van der Waals surface area (Å²) in [6, 6.07) is 2.87. The Hall–Kier alpha value is -0.920. The number of thiophene rings is 1. The number of aliphatic carboxylic acids is 1. The second-order valence-electron chi connectivity index (χ2n) is 5.71. The van der Waals surface area contributed by atoms with E-state index in [2.05, 4.69) is 4.72 Å². The number of rotatable bonds is 4. The predicted octanol–water partition coefficient (Wildman–Crippen LogP) is 1.83. The van der Waals surface area contributed by atoms with E-state index in [1.54, 1.807) is 12.1 Å². The maximum atomic E-state index is 12.4. The summed E-state index contributed by atoms with van der Waals surface area (Å²) in [5.41, 5.74) is 0. The van der Waals surface area contributed by atoms with Gasteiger partial charge < -0.3 is 5.11 Å². The third kappa shape index (κ3) is 2.27. The monoisotopic (exact) mass is 315 g/mol. The average Bonchev–Trinajstić information content (AvgIpc) is 3.02. The van der Waals surface area contributed by atoms with Gasteiger partial charge in [0.15, 0.2) is 0 Å². The zero-order valence-electron chi connectivity index (χ0n) is 11.1. The van der Waals surface area contributed by atoms with Crippen LogP contribution in [0, 0.1) is 24.7 Å². The Bertz CT molecular complexity index is 637. The van der Waals surface area contributed by atoms with Crippen LogP contribution < -0.4 is 4.72 Å². The van der Waals surface area contributed by atoms with Crippen molar-refractivity contribution in [2.24, 2.45) is 17.8 Å². The van der Waals surface area contributed by atoms with Crippen LogP contribution in [0.25, 0.3) is 0 Å². The molecule has 2 aliphatic rings. The van der Waals surface area contributed by atoms with Crippen LogP contribution in [-0.4, -0.2) is 25.5 Å². The summed E-state index contributed by atoms with van der Waals surface area (Å²) in [5, 5.41) is 9.35. The van der Waals surface area contributed by atoms with E-state index in [-0.39, 0.29) is 16.0 Å². The molecule has 0 spiro atoms. The highest BCUT2D eigenvalue weighted by Gasteiger charge is 2.52. The van der Waals surface area contributed by atoms with Crippen molar-refractivity contribution in [2.75, 3.05) is 0 Å². The zero-order valence-corrected chi connectivity index (χ0v) is 12.7. The highest BCUT2D eigenvalue weighted by Crippen LogP contribution is 2.49. The van der Waals surface area contributed by atoms with Gasteiger partial charge in [-0.15, -0.1) is 11.3 Å². The molecule has 1 aromatic rings. The first kappa shape index (κ1) is 14.0. The minimum Gasteiger partial charge on any atom is -0.481 e. The molecule has 2 N–H and O–H groups in total. The summed E-state index contributed by atoms with van der Waals surface area (Å²) in [7, 11) is -3.61. The molecule has 0 aliphatic heterocycles. The van der Waals surface area contributed by atoms with Crippen LogP contribution in [0.3, 0.4) is 0 Å². The minimum absolute atomic E-state index is 0.121. The molecule has 7 heteroatoms. The molecule has 2 saturated carbocycles. The third-order valence-electron chi connectivity index (χ3n) is 4.47. The van der Waals surface area contributed by atoms with E-state index in [9.17, 15) is 18.3 Å². The molecule has 3 rings (SSSR count). The van der Waals surface area contributed by atoms with E-state index in [1.807, 2.05) is 6.92 Å². The van der Waals surface area contributed by atoms with Gasteiger partial charge in [-0.05, 0) is 50.2 Å². The first-order chi connectivity index (χ1) is 9.38. The Balaban J connectivity index is 1.85. The summed E-state index contributed by atoms with van der Waals surface area (Å²) in [6.07, 6.45) is 2.65. The van der Waals surface area contributed by atoms with Crippen molar-refractivity contribution in [3.63, 3.8) is 0 Å². The highest BCUT2D eigenvalue weighted by atomic mass is 32.2. The molecular weight excluding hydrogens is 298 g/mol. The van der Waals surface area contributed by atoms with E-state index in [1.165, 1.54) is 11.3 Å². The lowest BCUT2D eigenvalue weighted by atomic mass is 9.85. The number of fused-ring (bicyclic) bond motifs is 2. The molecule has 110 valence electrons. The third-order valence-corrected chi connectivity index (χ3v) is 7.43. The molecule has 2 fully saturated rings. The van der Waals surface area contributed by atoms with Crippen LogP contribution >= 0.6 is 11.3 Å². The van der Waals surface area contributed by atoms with Crippen LogP contribution in [0.2, 0.25) is 0 Å². The molecule has 0 radical (unpaired) electrons. The van der Waals surface area contributed by atoms with Crippen molar-refractivity contribution < 1.29 is 18.3 Å². The smallest absolute Gasteiger partial charge is 0.308 e. The van der Waals surface area contributed by atoms with Crippen molar-refractivity contribution >= 4 is 27.3 Å². The number of carbonyl (C=O) groups is 1. The van der Waals surface area contributed by atoms with Crippen molar-refractivity contribution in [3.05, 3.63) is 17.0 Å². The average molecular weight is 315 g/mol. The molecule has 1 heterocycles. The zero-order chi connectivity index (χ0) is 14.5. The maximum absolute atomic E-state index is 12.4. The van der Waals surface area contributed by atoms with Crippen molar-refractivity contribution in [1.82, 2.24) is 4.72 Å². The standard InChI is InChI=1S/C13H17NO4S2/c1-7-2-5-10(19-7)20(17,18)14-12-9-4-3-8(6-9)11(12)13(15)16/h2,5,8-9,11-12,14H,3-4,6H2,1H3,(H,15,16). The van der Waals surface area contributed by atoms with Crippen molar-refractivity contribution in [2.45, 2.75) is 36.4 Å². The predicted molar refractivity (Wildman–Crippen MR) is 75.1 cm³/mol. The van der Waals surface area contributed by atoms with Gasteiger partial charge in [-0.25, -0.2) is 13.1 Å². The van der Waals surface area contributed by atoms with E-state index in [0.717, 1.165) is 24.1 Å². The molecule has 2 aliphatic carbocycles. The first-order valence-electron chi connectivity index (χ1n) is 6.70. The van der Waals surface area contributed by atoms with Gasteiger partial charge in [0.05, 0.1) is 5.92 Å². The van der Waals surface area contributed by atoms with Crippen LogP contribution in [0.1, 0.15) is 24.1 Å². The number of carboxylic acid groups (broad SMARTS) is 1. The molecule has 4 atom stereocenters. The Morgan fingerprint density at radius 1 is 1.35 bits per heavy atom. The Morgan fingerprint density at radius 3 is 2.65 bits per heavy atom. The second-order valence-corrected chi connectivity index (χ2v) is 8.94. The van der Waals surface area contributed by atoms with Gasteiger partial charge >= 0.3 is 5.97 Å². The fourth-order valence-corrected chi connectivity index (χ4v) is 6.24. The highest BCUT2D eigenvalue weighted by molar-refractivity contribution is 7.91. The lowest BCUT2D eigenvalue weighted by Gasteiger charge is -2.28. The lowest BCUT2D eigenvalue weighted by Crippen LogP contribution is -2.46. The fraction of sp³-hybridized carbons (Fsp3) is 0.615. The number of aryl methyl sites for hydroxylation is 1. The molecule has 0 amide bonds. The number of hydrogen-bond acceptors (Lipinski definition) is 4. The second kappa shape index (κ2) is 4.82. The number of hydrogen-bond donors (Lipinski definition) is 2. The van der Waals surface area contributed by atoms with Gasteiger partial charge in [0, 0.05) is 10.9 Å². The normalized spacial score (nSPS) is 32.6. The summed E-state index contributed by atoms with van der Waals surface area (Å²) in [6.45, 7) is 1.85. The van der Waals surface area contributed by atoms with Crippen molar-refractivity contribution in [1.29, 1.82) is 0 Å². The lowest BCUT2D eigenvalue weighted by molar-refractivity contribution is -0.144. The van der Waals surface area contributed by atoms with Gasteiger partial charge in [0.2, 0.25) is 10.0 Å². The SMILES string of the molecule is Cc1ccc(S(=O)(=O)NC2C3CCC(C3)C2C(=O)O)s1. The van der Waals surface area contributed by atoms with Gasteiger partial charge in [-0.2, -0.15) is 0 Å². The topological polar surface area (TPSA) is 83.5 Å². The Morgan fingerprint density at radius 2 is 2.05 bits per heavy atom. The van der Waals surface area contributed by atoms with Crippen LogP contribution in [-0.2, 0) is 14.8 Å². The van der Waals surface area contributed by atoms with Crippen LogP contribution in [0.5, 0.6) is 0 Å². The molecule has 4 unspecified atom stereocenters. The van der Waals surface area contributed by atoms with E-state index in [0.29, 0.717) is 0 Å². The number of sulfonamides is 1. The number of carboxylic acids is 1. The summed E-state index contributed by atoms with van der Waals surface area (Å²) in [4.78, 5) is 12.3. The van der Waals surface area contributed by atoms with E-state index in [4.69, 9.17) is 0 Å². The van der Waals surface area contributed by atoms with E-state index < -0.39 is 28.0 Å². The Labute approximate surface area is 122 Å². The molecular formula is C13H17NO4S2. The van der Waals surface area contributed by atoms with Gasteiger partial charge in [0.25, 0.3) is 0 Å². The van der Waals surface area contributed by atoms with E-state index >= 15 is 0 Å². The van der Waals surface area contributed by atoms with Crippen molar-refractivity contribution in [3.8, 4) is 0 Å². The molecule has 0 saturated heterocycles. The largest absolute Gasteiger partial charge is 0.481 e. The maximum Gasteiger partial charge on any atom is 0.308 e. The van der Waals surface area contributed by atoms with Crippen LogP contribution in [0.15, 0.2) is 16.3 Å². The van der Waals surface area contributed by atoms with Gasteiger partial charge in [-0.3, -0.25) is 4.79 Å². The quantitative estimate of drug-likeness (QED) is 0.888. The molecule has 5 nitrogen and oxygen atoms in total. The number of nitrogens with one attached hydrogen (secondary N) is 1. The Kier molecular flexibility index (Phi) is 3.38. The molecule has 1 aromatic heterocycles. The van der Waals surface area contributed by atoms with Crippen LogP contribution in [0.4, 0.5) is 0 Å². The fourth-order valence-electron chi connectivity index (χ4n) is 3.61.